The van der Waals surface area contributed by atoms with Crippen LogP contribution in [0.5, 0.6) is 0 Å². The maximum absolute atomic E-state index is 12.6. The molecule has 0 fully saturated rings. The number of thiophene rings is 1. The number of amides is 1. The molecule has 3 aromatic heterocycles. The summed E-state index contributed by atoms with van der Waals surface area (Å²) in [6.45, 7) is 4.47. The van der Waals surface area contributed by atoms with Crippen LogP contribution in [0.2, 0.25) is 0 Å². The van der Waals surface area contributed by atoms with Crippen LogP contribution in [0, 0.1) is 13.8 Å². The molecule has 28 heavy (non-hydrogen) atoms. The molecule has 0 atom stereocenters. The normalized spacial score (nSPS) is 11.1. The van der Waals surface area contributed by atoms with Gasteiger partial charge in [-0.05, 0) is 43.0 Å². The smallest absolute Gasteiger partial charge is 0.253 e. The van der Waals surface area contributed by atoms with Crippen LogP contribution in [0.15, 0.2) is 53.0 Å². The Morgan fingerprint density at radius 2 is 2.04 bits per heavy atom. The van der Waals surface area contributed by atoms with Crippen molar-refractivity contribution in [3.05, 3.63) is 75.2 Å². The number of hydrogen-bond acceptors (Lipinski definition) is 6. The van der Waals surface area contributed by atoms with Crippen LogP contribution in [0.25, 0.3) is 5.78 Å². The Labute approximate surface area is 171 Å². The molecule has 0 aliphatic rings. The molecule has 6 nitrogen and oxygen atoms in total. The van der Waals surface area contributed by atoms with E-state index in [2.05, 4.69) is 20.4 Å². The molecule has 1 amide bonds. The van der Waals surface area contributed by atoms with Crippen molar-refractivity contribution in [1.82, 2.24) is 24.9 Å². The minimum Gasteiger partial charge on any atom is -0.347 e. The summed E-state index contributed by atoms with van der Waals surface area (Å²) in [6.07, 6.45) is 0. The van der Waals surface area contributed by atoms with E-state index >= 15 is 0 Å². The summed E-state index contributed by atoms with van der Waals surface area (Å²) in [4.78, 5) is 22.7. The minimum atomic E-state index is -0.0688. The summed E-state index contributed by atoms with van der Waals surface area (Å²) in [5.74, 6) is 1.14. The van der Waals surface area contributed by atoms with Gasteiger partial charge in [0.15, 0.2) is 0 Å². The summed E-state index contributed by atoms with van der Waals surface area (Å²) in [5, 5.41) is 10.2. The van der Waals surface area contributed by atoms with E-state index in [1.165, 1.54) is 11.8 Å². The maximum atomic E-state index is 12.6. The van der Waals surface area contributed by atoms with Crippen LogP contribution in [0.4, 0.5) is 0 Å². The van der Waals surface area contributed by atoms with E-state index in [1.807, 2.05) is 61.7 Å². The fourth-order valence-corrected chi connectivity index (χ4v) is 4.36. The molecular formula is C20H19N5OS2. The highest BCUT2D eigenvalue weighted by Gasteiger charge is 2.13. The summed E-state index contributed by atoms with van der Waals surface area (Å²) in [7, 11) is 0. The van der Waals surface area contributed by atoms with Crippen molar-refractivity contribution in [2.75, 3.05) is 0 Å². The molecule has 1 N–H and O–H groups in total. The maximum Gasteiger partial charge on any atom is 0.253 e. The number of carbonyl (C=O) groups is 1. The van der Waals surface area contributed by atoms with Gasteiger partial charge in [-0.15, -0.1) is 16.4 Å². The molecule has 0 unspecified atom stereocenters. The van der Waals surface area contributed by atoms with Gasteiger partial charge < -0.3 is 5.32 Å². The van der Waals surface area contributed by atoms with Crippen molar-refractivity contribution in [1.29, 1.82) is 0 Å². The Kier molecular flexibility index (Phi) is 5.40. The van der Waals surface area contributed by atoms with Crippen LogP contribution in [-0.2, 0) is 12.3 Å². The Morgan fingerprint density at radius 1 is 1.18 bits per heavy atom. The van der Waals surface area contributed by atoms with Gasteiger partial charge in [0.05, 0.1) is 6.54 Å². The van der Waals surface area contributed by atoms with Gasteiger partial charge >= 0.3 is 0 Å². The third-order valence-corrected chi connectivity index (χ3v) is 5.98. The average Bonchev–Trinajstić information content (AvgIpc) is 3.34. The average molecular weight is 410 g/mol. The third-order valence-electron chi connectivity index (χ3n) is 4.22. The zero-order chi connectivity index (χ0) is 19.5. The lowest BCUT2D eigenvalue weighted by atomic mass is 10.1. The molecule has 1 aromatic carbocycles. The van der Waals surface area contributed by atoms with Gasteiger partial charge in [0.1, 0.15) is 0 Å². The number of benzene rings is 1. The molecule has 0 saturated carbocycles. The van der Waals surface area contributed by atoms with E-state index in [-0.39, 0.29) is 5.91 Å². The largest absolute Gasteiger partial charge is 0.347 e. The number of aromatic nitrogens is 4. The van der Waals surface area contributed by atoms with Crippen LogP contribution in [-0.4, -0.2) is 25.5 Å². The van der Waals surface area contributed by atoms with Crippen molar-refractivity contribution in [2.45, 2.75) is 31.3 Å². The van der Waals surface area contributed by atoms with Crippen LogP contribution in [0.3, 0.4) is 0 Å². The molecule has 0 radical (unpaired) electrons. The second kappa shape index (κ2) is 8.12. The zero-order valence-electron chi connectivity index (χ0n) is 15.5. The molecule has 0 aliphatic heterocycles. The van der Waals surface area contributed by atoms with Crippen molar-refractivity contribution in [3.8, 4) is 0 Å². The number of carbonyl (C=O) groups excluding carboxylic acids is 1. The van der Waals surface area contributed by atoms with E-state index in [0.29, 0.717) is 28.8 Å². The number of fused-ring (bicyclic) bond motifs is 1. The monoisotopic (exact) mass is 409 g/mol. The van der Waals surface area contributed by atoms with Crippen molar-refractivity contribution in [2.24, 2.45) is 0 Å². The molecular weight excluding hydrogens is 390 g/mol. The fraction of sp³-hybridized carbons (Fsp3) is 0.200. The van der Waals surface area contributed by atoms with E-state index in [4.69, 9.17) is 0 Å². The Bertz CT molecular complexity index is 1120. The van der Waals surface area contributed by atoms with Gasteiger partial charge in [0.2, 0.25) is 5.16 Å². The highest BCUT2D eigenvalue weighted by atomic mass is 32.2. The van der Waals surface area contributed by atoms with E-state index in [1.54, 1.807) is 15.9 Å². The number of hydrogen-bond donors (Lipinski definition) is 1. The first kappa shape index (κ1) is 18.6. The van der Waals surface area contributed by atoms with E-state index in [9.17, 15) is 4.79 Å². The van der Waals surface area contributed by atoms with E-state index in [0.717, 1.165) is 21.8 Å². The predicted octanol–water partition coefficient (Wildman–Crippen LogP) is 4.02. The van der Waals surface area contributed by atoms with Gasteiger partial charge in [0.25, 0.3) is 11.7 Å². The predicted molar refractivity (Wildman–Crippen MR) is 112 cm³/mol. The molecule has 0 bridgehead atoms. The summed E-state index contributed by atoms with van der Waals surface area (Å²) in [5.41, 5.74) is 3.55. The molecule has 8 heteroatoms. The number of thioether (sulfide) groups is 1. The van der Waals surface area contributed by atoms with Crippen molar-refractivity contribution in [3.63, 3.8) is 0 Å². The SMILES string of the molecule is Cc1cc(C)n2nc(SCc3ccccc3C(=O)NCc3cccs3)nc2n1. The van der Waals surface area contributed by atoms with Crippen molar-refractivity contribution < 1.29 is 4.79 Å². The second-order valence-corrected chi connectivity index (χ2v) is 8.33. The summed E-state index contributed by atoms with van der Waals surface area (Å²) < 4.78 is 1.75. The number of nitrogens with zero attached hydrogens (tertiary/aromatic N) is 4. The lowest BCUT2D eigenvalue weighted by Gasteiger charge is -2.09. The topological polar surface area (TPSA) is 72.2 Å². The Morgan fingerprint density at radius 3 is 2.86 bits per heavy atom. The molecule has 142 valence electrons. The number of rotatable bonds is 6. The van der Waals surface area contributed by atoms with Crippen LogP contribution >= 0.6 is 23.1 Å². The quantitative estimate of drug-likeness (QED) is 0.487. The molecule has 0 saturated heterocycles. The van der Waals surface area contributed by atoms with Gasteiger partial charge in [0, 0.05) is 27.6 Å². The highest BCUT2D eigenvalue weighted by Crippen LogP contribution is 2.23. The van der Waals surface area contributed by atoms with Gasteiger partial charge in [-0.1, -0.05) is 36.0 Å². The van der Waals surface area contributed by atoms with Crippen LogP contribution < -0.4 is 5.32 Å². The summed E-state index contributed by atoms with van der Waals surface area (Å²) >= 11 is 3.13. The summed E-state index contributed by atoms with van der Waals surface area (Å²) in [6, 6.07) is 13.6. The lowest BCUT2D eigenvalue weighted by molar-refractivity contribution is 0.0950. The first-order valence-corrected chi connectivity index (χ1v) is 10.7. The zero-order valence-corrected chi connectivity index (χ0v) is 17.2. The number of aryl methyl sites for hydroxylation is 2. The second-order valence-electron chi connectivity index (χ2n) is 6.35. The van der Waals surface area contributed by atoms with Gasteiger partial charge in [-0.25, -0.2) is 9.50 Å². The van der Waals surface area contributed by atoms with Gasteiger partial charge in [-0.3, -0.25) is 4.79 Å². The fourth-order valence-electron chi connectivity index (χ4n) is 2.89. The molecule has 3 heterocycles. The number of nitrogens with one attached hydrogen (secondary N) is 1. The van der Waals surface area contributed by atoms with E-state index < -0.39 is 0 Å². The van der Waals surface area contributed by atoms with Crippen molar-refractivity contribution >= 4 is 34.8 Å². The Balaban J connectivity index is 1.48. The first-order valence-electron chi connectivity index (χ1n) is 8.82. The lowest BCUT2D eigenvalue weighted by Crippen LogP contribution is -2.23. The standard InChI is InChI=1S/C20H19N5OS2/c1-13-10-14(2)25-19(22-13)23-20(24-25)28-12-15-6-3-4-8-17(15)18(26)21-11-16-7-5-9-27-16/h3-10H,11-12H2,1-2H3,(H,21,26). The molecule has 4 rings (SSSR count). The molecule has 0 aliphatic carbocycles. The minimum absolute atomic E-state index is 0.0688. The first-order chi connectivity index (χ1) is 13.6. The Hall–Kier alpha value is -2.71. The molecule has 4 aromatic rings. The van der Waals surface area contributed by atoms with Gasteiger partial charge in [-0.2, -0.15) is 4.98 Å². The van der Waals surface area contributed by atoms with Crippen LogP contribution in [0.1, 0.15) is 32.2 Å². The third kappa shape index (κ3) is 4.07. The molecule has 0 spiro atoms. The highest BCUT2D eigenvalue weighted by molar-refractivity contribution is 7.98.